The second kappa shape index (κ2) is 5.21. The fourth-order valence-corrected chi connectivity index (χ4v) is 1.07. The summed E-state index contributed by atoms with van der Waals surface area (Å²) in [7, 11) is 0. The van der Waals surface area contributed by atoms with Gasteiger partial charge >= 0.3 is 0 Å². The molecule has 0 saturated heterocycles. The van der Waals surface area contributed by atoms with Crippen molar-refractivity contribution >= 4 is 23.0 Å². The van der Waals surface area contributed by atoms with E-state index in [9.17, 15) is 4.79 Å². The third-order valence-electron chi connectivity index (χ3n) is 1.70. The molecule has 1 rings (SSSR count). The SMILES string of the molecule is CCONc1ccc(N)c(NC(C)=O)c1. The Balaban J connectivity index is 2.80. The number of hydrogen-bond donors (Lipinski definition) is 3. The maximum Gasteiger partial charge on any atom is 0.221 e. The Labute approximate surface area is 88.6 Å². The Morgan fingerprint density at radius 2 is 2.27 bits per heavy atom. The average Bonchev–Trinajstić information content (AvgIpc) is 2.18. The topological polar surface area (TPSA) is 76.4 Å². The highest BCUT2D eigenvalue weighted by Crippen LogP contribution is 2.22. The molecule has 0 aliphatic rings. The van der Waals surface area contributed by atoms with Crippen LogP contribution in [0.15, 0.2) is 18.2 Å². The fraction of sp³-hybridized carbons (Fsp3) is 0.300. The van der Waals surface area contributed by atoms with Gasteiger partial charge in [0.1, 0.15) is 0 Å². The molecule has 0 atom stereocenters. The van der Waals surface area contributed by atoms with Gasteiger partial charge in [0.2, 0.25) is 5.91 Å². The summed E-state index contributed by atoms with van der Waals surface area (Å²) >= 11 is 0. The lowest BCUT2D eigenvalue weighted by Gasteiger charge is -2.10. The van der Waals surface area contributed by atoms with Crippen molar-refractivity contribution in [2.45, 2.75) is 13.8 Å². The smallest absolute Gasteiger partial charge is 0.221 e. The molecule has 5 nitrogen and oxygen atoms in total. The van der Waals surface area contributed by atoms with Crippen LogP contribution in [0, 0.1) is 0 Å². The summed E-state index contributed by atoms with van der Waals surface area (Å²) in [6.45, 7) is 3.86. The van der Waals surface area contributed by atoms with E-state index in [2.05, 4.69) is 10.8 Å². The Bertz CT molecular complexity index is 353. The van der Waals surface area contributed by atoms with Crippen LogP contribution in [0.1, 0.15) is 13.8 Å². The molecule has 15 heavy (non-hydrogen) atoms. The van der Waals surface area contributed by atoms with E-state index in [0.29, 0.717) is 18.0 Å². The summed E-state index contributed by atoms with van der Waals surface area (Å²) in [5.74, 6) is -0.157. The van der Waals surface area contributed by atoms with Gasteiger partial charge in [0.05, 0.1) is 23.7 Å². The maximum absolute atomic E-state index is 10.9. The average molecular weight is 209 g/mol. The molecule has 0 unspecified atom stereocenters. The Hall–Kier alpha value is -1.75. The van der Waals surface area contributed by atoms with Crippen LogP contribution in [0.4, 0.5) is 17.1 Å². The van der Waals surface area contributed by atoms with Gasteiger partial charge in [-0.1, -0.05) is 0 Å². The zero-order chi connectivity index (χ0) is 11.3. The molecule has 1 aromatic rings. The number of nitrogen functional groups attached to an aromatic ring is 1. The van der Waals surface area contributed by atoms with Gasteiger partial charge in [-0.15, -0.1) is 0 Å². The first-order valence-corrected chi connectivity index (χ1v) is 4.68. The van der Waals surface area contributed by atoms with Crippen molar-refractivity contribution in [1.82, 2.24) is 0 Å². The molecular formula is C10H15N3O2. The number of nitrogens with two attached hydrogens (primary N) is 1. The van der Waals surface area contributed by atoms with Gasteiger partial charge in [-0.05, 0) is 25.1 Å². The van der Waals surface area contributed by atoms with Gasteiger partial charge in [0.15, 0.2) is 0 Å². The normalized spacial score (nSPS) is 9.73. The Kier molecular flexibility index (Phi) is 3.93. The van der Waals surface area contributed by atoms with Crippen molar-refractivity contribution in [3.63, 3.8) is 0 Å². The minimum Gasteiger partial charge on any atom is -0.397 e. The highest BCUT2D eigenvalue weighted by Gasteiger charge is 2.02. The van der Waals surface area contributed by atoms with Crippen LogP contribution in [0.3, 0.4) is 0 Å². The number of hydrogen-bond acceptors (Lipinski definition) is 4. The molecule has 0 bridgehead atoms. The van der Waals surface area contributed by atoms with Crippen LogP contribution in [0.2, 0.25) is 0 Å². The van der Waals surface area contributed by atoms with E-state index < -0.39 is 0 Å². The third-order valence-corrected chi connectivity index (χ3v) is 1.70. The molecule has 0 aromatic heterocycles. The summed E-state index contributed by atoms with van der Waals surface area (Å²) in [5, 5.41) is 2.63. The van der Waals surface area contributed by atoms with Crippen LogP contribution in [0.5, 0.6) is 0 Å². The minimum atomic E-state index is -0.157. The van der Waals surface area contributed by atoms with Gasteiger partial charge in [0, 0.05) is 6.92 Å². The van der Waals surface area contributed by atoms with Crippen molar-refractivity contribution in [2.75, 3.05) is 23.1 Å². The van der Waals surface area contributed by atoms with Crippen LogP contribution in [-0.4, -0.2) is 12.5 Å². The fourth-order valence-electron chi connectivity index (χ4n) is 1.07. The van der Waals surface area contributed by atoms with E-state index >= 15 is 0 Å². The maximum atomic E-state index is 10.9. The molecule has 0 aliphatic carbocycles. The monoisotopic (exact) mass is 209 g/mol. The van der Waals surface area contributed by atoms with E-state index in [0.717, 1.165) is 5.69 Å². The highest BCUT2D eigenvalue weighted by atomic mass is 16.6. The zero-order valence-electron chi connectivity index (χ0n) is 8.83. The molecule has 82 valence electrons. The Morgan fingerprint density at radius 1 is 1.53 bits per heavy atom. The molecule has 1 amide bonds. The first-order chi connectivity index (χ1) is 7.13. The molecule has 4 N–H and O–H groups in total. The number of carbonyl (C=O) groups excluding carboxylic acids is 1. The lowest BCUT2D eigenvalue weighted by molar-refractivity contribution is -0.114. The minimum absolute atomic E-state index is 0.157. The lowest BCUT2D eigenvalue weighted by atomic mass is 10.2. The number of benzene rings is 1. The van der Waals surface area contributed by atoms with Crippen molar-refractivity contribution in [1.29, 1.82) is 0 Å². The van der Waals surface area contributed by atoms with Crippen LogP contribution < -0.4 is 16.5 Å². The van der Waals surface area contributed by atoms with Gasteiger partial charge in [-0.2, -0.15) is 0 Å². The molecule has 0 fully saturated rings. The first-order valence-electron chi connectivity index (χ1n) is 4.68. The molecule has 5 heteroatoms. The van der Waals surface area contributed by atoms with E-state index in [1.54, 1.807) is 18.2 Å². The van der Waals surface area contributed by atoms with Gasteiger partial charge in [-0.3, -0.25) is 15.1 Å². The van der Waals surface area contributed by atoms with Gasteiger partial charge in [-0.25, -0.2) is 0 Å². The van der Waals surface area contributed by atoms with E-state index in [1.165, 1.54) is 6.92 Å². The first kappa shape index (κ1) is 11.3. The number of anilines is 3. The van der Waals surface area contributed by atoms with E-state index in [-0.39, 0.29) is 5.91 Å². The van der Waals surface area contributed by atoms with Gasteiger partial charge < -0.3 is 11.1 Å². The summed E-state index contributed by atoms with van der Waals surface area (Å²) in [5.41, 5.74) is 10.3. The second-order valence-electron chi connectivity index (χ2n) is 3.02. The molecule has 0 spiro atoms. The molecule has 1 aromatic carbocycles. The quantitative estimate of drug-likeness (QED) is 0.520. The second-order valence-corrected chi connectivity index (χ2v) is 3.02. The summed E-state index contributed by atoms with van der Waals surface area (Å²) < 4.78 is 0. The summed E-state index contributed by atoms with van der Waals surface area (Å²) in [6, 6.07) is 5.19. The van der Waals surface area contributed by atoms with E-state index in [4.69, 9.17) is 10.6 Å². The van der Waals surface area contributed by atoms with Crippen molar-refractivity contribution < 1.29 is 9.63 Å². The Morgan fingerprint density at radius 3 is 2.87 bits per heavy atom. The number of carbonyl (C=O) groups is 1. The highest BCUT2D eigenvalue weighted by molar-refractivity contribution is 5.92. The largest absolute Gasteiger partial charge is 0.397 e. The number of nitrogens with one attached hydrogen (secondary N) is 2. The van der Waals surface area contributed by atoms with Crippen LogP contribution in [-0.2, 0) is 9.63 Å². The predicted octanol–water partition coefficient (Wildman–Crippen LogP) is 1.59. The zero-order valence-corrected chi connectivity index (χ0v) is 8.83. The lowest BCUT2D eigenvalue weighted by Crippen LogP contribution is -2.09. The van der Waals surface area contributed by atoms with Crippen LogP contribution >= 0.6 is 0 Å². The van der Waals surface area contributed by atoms with Gasteiger partial charge in [0.25, 0.3) is 0 Å². The third kappa shape index (κ3) is 3.47. The van der Waals surface area contributed by atoms with Crippen molar-refractivity contribution in [3.8, 4) is 0 Å². The number of amides is 1. The molecule has 0 saturated carbocycles. The summed E-state index contributed by atoms with van der Waals surface area (Å²) in [4.78, 5) is 15.9. The van der Waals surface area contributed by atoms with Crippen LogP contribution in [0.25, 0.3) is 0 Å². The van der Waals surface area contributed by atoms with Crippen molar-refractivity contribution in [3.05, 3.63) is 18.2 Å². The molecule has 0 aliphatic heterocycles. The molecular weight excluding hydrogens is 194 g/mol. The molecule has 0 heterocycles. The predicted molar refractivity (Wildman–Crippen MR) is 60.4 cm³/mol. The summed E-state index contributed by atoms with van der Waals surface area (Å²) in [6.07, 6.45) is 0. The van der Waals surface area contributed by atoms with E-state index in [1.807, 2.05) is 6.92 Å². The molecule has 0 radical (unpaired) electrons. The standard InChI is InChI=1S/C10H15N3O2/c1-3-15-13-8-4-5-9(11)10(6-8)12-7(2)14/h4-6,13H,3,11H2,1-2H3,(H,12,14). The van der Waals surface area contributed by atoms with Crippen molar-refractivity contribution in [2.24, 2.45) is 0 Å². The number of rotatable bonds is 4.